The van der Waals surface area contributed by atoms with E-state index in [1.165, 1.54) is 5.56 Å². The normalized spacial score (nSPS) is 11.5. The maximum atomic E-state index is 12.8. The van der Waals surface area contributed by atoms with Crippen molar-refractivity contribution in [2.45, 2.75) is 52.9 Å². The molecule has 1 aromatic carbocycles. The van der Waals surface area contributed by atoms with Gasteiger partial charge in [0.15, 0.2) is 5.65 Å². The van der Waals surface area contributed by atoms with Crippen LogP contribution < -0.4 is 5.32 Å². The Balaban J connectivity index is 1.68. The minimum atomic E-state index is -0.118. The molecule has 0 aliphatic rings. The number of nitrogens with zero attached hydrogens (tertiary/aromatic N) is 4. The van der Waals surface area contributed by atoms with Gasteiger partial charge >= 0.3 is 0 Å². The lowest BCUT2D eigenvalue weighted by Crippen LogP contribution is -2.31. The number of fused-ring (bicyclic) bond motifs is 1. The standard InChI is InChI=1S/C25H35N5O/c1-5-15-29(16-6-2)17-7-13-27-25(31)22-18-28-30-23(12-14-26-24(22)30)21-10-8-20(9-11-21)19(3)4/h8-12,14,18-19H,5-7,13,15-17H2,1-4H3,(H,27,31). The Morgan fingerprint density at radius 3 is 2.42 bits per heavy atom. The van der Waals surface area contributed by atoms with E-state index in [2.05, 4.69) is 72.3 Å². The minimum absolute atomic E-state index is 0.118. The lowest BCUT2D eigenvalue weighted by Gasteiger charge is -2.20. The molecule has 0 unspecified atom stereocenters. The van der Waals surface area contributed by atoms with Crippen LogP contribution in [0.15, 0.2) is 42.7 Å². The van der Waals surface area contributed by atoms with E-state index in [-0.39, 0.29) is 5.91 Å². The average Bonchev–Trinajstić information content (AvgIpc) is 3.21. The molecule has 0 bridgehead atoms. The van der Waals surface area contributed by atoms with Crippen molar-refractivity contribution in [2.24, 2.45) is 0 Å². The molecular weight excluding hydrogens is 386 g/mol. The van der Waals surface area contributed by atoms with Crippen LogP contribution in [0.2, 0.25) is 0 Å². The summed E-state index contributed by atoms with van der Waals surface area (Å²) in [4.78, 5) is 19.7. The van der Waals surface area contributed by atoms with Gasteiger partial charge in [0.1, 0.15) is 5.56 Å². The van der Waals surface area contributed by atoms with Crippen LogP contribution >= 0.6 is 0 Å². The monoisotopic (exact) mass is 421 g/mol. The van der Waals surface area contributed by atoms with Gasteiger partial charge in [-0.3, -0.25) is 4.79 Å². The summed E-state index contributed by atoms with van der Waals surface area (Å²) in [6.07, 6.45) is 6.61. The molecule has 0 aliphatic carbocycles. The van der Waals surface area contributed by atoms with Crippen LogP contribution in [0.4, 0.5) is 0 Å². The van der Waals surface area contributed by atoms with Crippen LogP contribution in [-0.4, -0.2) is 51.6 Å². The molecule has 3 rings (SSSR count). The molecule has 0 radical (unpaired) electrons. The smallest absolute Gasteiger partial charge is 0.256 e. The summed E-state index contributed by atoms with van der Waals surface area (Å²) in [5.74, 6) is 0.370. The number of carbonyl (C=O) groups excluding carboxylic acids is 1. The number of carbonyl (C=O) groups is 1. The number of hydrogen-bond acceptors (Lipinski definition) is 4. The number of amides is 1. The van der Waals surface area contributed by atoms with Gasteiger partial charge in [-0.1, -0.05) is 52.0 Å². The Morgan fingerprint density at radius 2 is 1.77 bits per heavy atom. The highest BCUT2D eigenvalue weighted by atomic mass is 16.1. The molecule has 0 saturated heterocycles. The van der Waals surface area contributed by atoms with Crippen LogP contribution in [0.5, 0.6) is 0 Å². The van der Waals surface area contributed by atoms with Gasteiger partial charge in [0, 0.05) is 18.3 Å². The fourth-order valence-electron chi connectivity index (χ4n) is 3.88. The number of rotatable bonds is 11. The van der Waals surface area contributed by atoms with Crippen molar-refractivity contribution >= 4 is 11.6 Å². The molecule has 31 heavy (non-hydrogen) atoms. The molecule has 0 saturated carbocycles. The van der Waals surface area contributed by atoms with Gasteiger partial charge in [0.05, 0.1) is 11.9 Å². The van der Waals surface area contributed by atoms with Crippen LogP contribution in [-0.2, 0) is 0 Å². The summed E-state index contributed by atoms with van der Waals surface area (Å²) >= 11 is 0. The van der Waals surface area contributed by atoms with Crippen molar-refractivity contribution in [2.75, 3.05) is 26.2 Å². The minimum Gasteiger partial charge on any atom is -0.352 e. The van der Waals surface area contributed by atoms with Crippen molar-refractivity contribution in [1.29, 1.82) is 0 Å². The predicted octanol–water partition coefficient (Wildman–Crippen LogP) is 4.76. The summed E-state index contributed by atoms with van der Waals surface area (Å²) in [6.45, 7) is 12.7. The van der Waals surface area contributed by atoms with Gasteiger partial charge < -0.3 is 10.2 Å². The Kier molecular flexibility index (Phi) is 8.18. The van der Waals surface area contributed by atoms with Crippen LogP contribution in [0.3, 0.4) is 0 Å². The van der Waals surface area contributed by atoms with Gasteiger partial charge in [0.2, 0.25) is 0 Å². The summed E-state index contributed by atoms with van der Waals surface area (Å²) in [5, 5.41) is 7.50. The van der Waals surface area contributed by atoms with E-state index in [0.717, 1.165) is 50.2 Å². The molecule has 2 heterocycles. The zero-order chi connectivity index (χ0) is 22.2. The largest absolute Gasteiger partial charge is 0.352 e. The van der Waals surface area contributed by atoms with Crippen LogP contribution in [0.25, 0.3) is 16.9 Å². The lowest BCUT2D eigenvalue weighted by molar-refractivity contribution is 0.0953. The molecular formula is C25H35N5O. The fourth-order valence-corrected chi connectivity index (χ4v) is 3.88. The van der Waals surface area contributed by atoms with E-state index >= 15 is 0 Å². The first-order valence-electron chi connectivity index (χ1n) is 11.5. The maximum absolute atomic E-state index is 12.8. The molecule has 0 spiro atoms. The highest BCUT2D eigenvalue weighted by Crippen LogP contribution is 2.23. The van der Waals surface area contributed by atoms with Crippen LogP contribution in [0.1, 0.15) is 68.8 Å². The van der Waals surface area contributed by atoms with Gasteiger partial charge in [-0.15, -0.1) is 0 Å². The zero-order valence-electron chi connectivity index (χ0n) is 19.3. The molecule has 6 heteroatoms. The molecule has 0 aliphatic heterocycles. The third kappa shape index (κ3) is 5.70. The van der Waals surface area contributed by atoms with Gasteiger partial charge in [-0.25, -0.2) is 9.50 Å². The van der Waals surface area contributed by atoms with Crippen molar-refractivity contribution in [3.8, 4) is 11.3 Å². The summed E-state index contributed by atoms with van der Waals surface area (Å²) in [7, 11) is 0. The fraction of sp³-hybridized carbons (Fsp3) is 0.480. The van der Waals surface area contributed by atoms with Gasteiger partial charge in [-0.05, 0) is 56.4 Å². The van der Waals surface area contributed by atoms with E-state index in [1.54, 1.807) is 16.9 Å². The van der Waals surface area contributed by atoms with E-state index in [0.29, 0.717) is 23.7 Å². The Morgan fingerprint density at radius 1 is 1.06 bits per heavy atom. The van der Waals surface area contributed by atoms with Gasteiger partial charge in [-0.2, -0.15) is 5.10 Å². The molecule has 6 nitrogen and oxygen atoms in total. The molecule has 0 fully saturated rings. The number of benzene rings is 1. The van der Waals surface area contributed by atoms with Crippen molar-refractivity contribution in [3.63, 3.8) is 0 Å². The van der Waals surface area contributed by atoms with Crippen LogP contribution in [0, 0.1) is 0 Å². The summed E-state index contributed by atoms with van der Waals surface area (Å²) < 4.78 is 1.75. The molecule has 2 aromatic heterocycles. The van der Waals surface area contributed by atoms with E-state index < -0.39 is 0 Å². The first-order chi connectivity index (χ1) is 15.0. The Bertz CT molecular complexity index is 971. The number of nitrogens with one attached hydrogen (secondary N) is 1. The second-order valence-corrected chi connectivity index (χ2v) is 8.35. The summed E-state index contributed by atoms with van der Waals surface area (Å²) in [5.41, 5.74) is 4.38. The first kappa shape index (κ1) is 22.9. The van der Waals surface area contributed by atoms with Crippen molar-refractivity contribution < 1.29 is 4.79 Å². The second-order valence-electron chi connectivity index (χ2n) is 8.35. The third-order valence-electron chi connectivity index (χ3n) is 5.54. The maximum Gasteiger partial charge on any atom is 0.256 e. The molecule has 1 amide bonds. The van der Waals surface area contributed by atoms with E-state index in [9.17, 15) is 4.79 Å². The van der Waals surface area contributed by atoms with E-state index in [1.807, 2.05) is 6.07 Å². The molecule has 1 N–H and O–H groups in total. The highest BCUT2D eigenvalue weighted by Gasteiger charge is 2.16. The average molecular weight is 422 g/mol. The second kappa shape index (κ2) is 11.0. The molecule has 166 valence electrons. The zero-order valence-corrected chi connectivity index (χ0v) is 19.3. The molecule has 3 aromatic rings. The SMILES string of the molecule is CCCN(CCC)CCCNC(=O)c1cnn2c(-c3ccc(C(C)C)cc3)ccnc12. The van der Waals surface area contributed by atoms with E-state index in [4.69, 9.17) is 0 Å². The summed E-state index contributed by atoms with van der Waals surface area (Å²) in [6, 6.07) is 10.4. The molecule has 0 atom stereocenters. The third-order valence-corrected chi connectivity index (χ3v) is 5.54. The predicted molar refractivity (Wildman–Crippen MR) is 126 cm³/mol. The van der Waals surface area contributed by atoms with Gasteiger partial charge in [0.25, 0.3) is 5.91 Å². The van der Waals surface area contributed by atoms with Crippen molar-refractivity contribution in [1.82, 2.24) is 24.8 Å². The Hall–Kier alpha value is -2.73. The Labute approximate surface area is 185 Å². The first-order valence-corrected chi connectivity index (χ1v) is 11.5. The highest BCUT2D eigenvalue weighted by molar-refractivity contribution is 5.99. The van der Waals surface area contributed by atoms with Crippen molar-refractivity contribution in [3.05, 3.63) is 53.9 Å². The lowest BCUT2D eigenvalue weighted by atomic mass is 10.0. The number of hydrogen-bond donors (Lipinski definition) is 1. The quantitative estimate of drug-likeness (QED) is 0.453. The number of aromatic nitrogens is 3. The topological polar surface area (TPSA) is 62.5 Å².